The molecule has 1 fully saturated rings. The fourth-order valence-corrected chi connectivity index (χ4v) is 5.92. The molecule has 166 valence electrons. The summed E-state index contributed by atoms with van der Waals surface area (Å²) in [6, 6.07) is 14.5. The van der Waals surface area contributed by atoms with Crippen LogP contribution in [0.15, 0.2) is 53.4 Å². The van der Waals surface area contributed by atoms with Gasteiger partial charge in [0.05, 0.1) is 15.1 Å². The van der Waals surface area contributed by atoms with E-state index in [-0.39, 0.29) is 10.8 Å². The highest BCUT2D eigenvalue weighted by Crippen LogP contribution is 2.28. The first-order valence-electron chi connectivity index (χ1n) is 10.0. The van der Waals surface area contributed by atoms with E-state index < -0.39 is 10.0 Å². The third-order valence-corrected chi connectivity index (χ3v) is 8.18. The third kappa shape index (κ3) is 3.93. The second-order valence-electron chi connectivity index (χ2n) is 7.53. The number of fused-ring (bicyclic) bond motifs is 1. The zero-order chi connectivity index (χ0) is 22.3. The Hall–Kier alpha value is -3.06. The number of nitrogen functional groups attached to an aromatic ring is 1. The summed E-state index contributed by atoms with van der Waals surface area (Å²) in [5.41, 5.74) is 7.28. The normalized spacial score (nSPS) is 15.9. The Kier molecular flexibility index (Phi) is 5.29. The predicted molar refractivity (Wildman–Crippen MR) is 125 cm³/mol. The number of sulfonamides is 1. The Morgan fingerprint density at radius 3 is 2.59 bits per heavy atom. The number of rotatable bonds is 5. The van der Waals surface area contributed by atoms with Gasteiger partial charge in [-0.2, -0.15) is 14.0 Å². The molecule has 0 atom stereocenters. The Bertz CT molecular complexity index is 1340. The molecule has 3 N–H and O–H groups in total. The van der Waals surface area contributed by atoms with Crippen molar-refractivity contribution in [1.82, 2.24) is 29.0 Å². The molecular formula is C20H22N8O2S2. The van der Waals surface area contributed by atoms with Gasteiger partial charge >= 0.3 is 0 Å². The maximum atomic E-state index is 13.1. The highest BCUT2D eigenvalue weighted by Gasteiger charge is 2.27. The van der Waals surface area contributed by atoms with Gasteiger partial charge in [0, 0.05) is 31.9 Å². The highest BCUT2D eigenvalue weighted by molar-refractivity contribution is 7.89. The molecule has 5 rings (SSSR count). The molecule has 0 saturated carbocycles. The average molecular weight is 471 g/mol. The first kappa shape index (κ1) is 20.8. The molecule has 32 heavy (non-hydrogen) atoms. The minimum Gasteiger partial charge on any atom is -0.366 e. The van der Waals surface area contributed by atoms with Crippen LogP contribution in [0.1, 0.15) is 0 Å². The number of nitrogens with one attached hydrogen (secondary N) is 1. The smallest absolute Gasteiger partial charge is 0.243 e. The lowest BCUT2D eigenvalue weighted by molar-refractivity contribution is 0.222. The van der Waals surface area contributed by atoms with Gasteiger partial charge in [0.15, 0.2) is 0 Å². The number of likely N-dealkylation sites (N-methyl/N-ethyl adjacent to an activating group) is 1. The van der Waals surface area contributed by atoms with Crippen LogP contribution in [0.4, 0.5) is 17.6 Å². The second-order valence-corrected chi connectivity index (χ2v) is 10.5. The molecule has 2 aromatic carbocycles. The summed E-state index contributed by atoms with van der Waals surface area (Å²) in [5, 5.41) is 8.02. The highest BCUT2D eigenvalue weighted by atomic mass is 32.2. The van der Waals surface area contributed by atoms with Gasteiger partial charge in [-0.05, 0) is 37.4 Å². The van der Waals surface area contributed by atoms with Crippen LogP contribution >= 0.6 is 11.3 Å². The van der Waals surface area contributed by atoms with Crippen LogP contribution < -0.4 is 11.1 Å². The molecule has 0 amide bonds. The maximum Gasteiger partial charge on any atom is 0.243 e. The van der Waals surface area contributed by atoms with Crippen molar-refractivity contribution in [3.8, 4) is 5.13 Å². The topological polar surface area (TPSA) is 122 Å². The van der Waals surface area contributed by atoms with Crippen LogP contribution in [0.5, 0.6) is 0 Å². The van der Waals surface area contributed by atoms with E-state index in [9.17, 15) is 8.42 Å². The Morgan fingerprint density at radius 2 is 1.81 bits per heavy atom. The molecule has 12 heteroatoms. The zero-order valence-electron chi connectivity index (χ0n) is 17.3. The average Bonchev–Trinajstić information content (AvgIpc) is 3.37. The van der Waals surface area contributed by atoms with Crippen molar-refractivity contribution < 1.29 is 8.42 Å². The van der Waals surface area contributed by atoms with Gasteiger partial charge in [-0.25, -0.2) is 13.4 Å². The molecule has 3 heterocycles. The summed E-state index contributed by atoms with van der Waals surface area (Å²) < 4.78 is 30.3. The van der Waals surface area contributed by atoms with Gasteiger partial charge in [-0.15, -0.1) is 5.10 Å². The number of hydrogen-bond donors (Lipinski definition) is 2. The van der Waals surface area contributed by atoms with E-state index in [0.29, 0.717) is 42.9 Å². The summed E-state index contributed by atoms with van der Waals surface area (Å²) >= 11 is 1.46. The molecule has 0 spiro atoms. The molecule has 0 bridgehead atoms. The van der Waals surface area contributed by atoms with Crippen molar-refractivity contribution in [3.63, 3.8) is 0 Å². The lowest BCUT2D eigenvalue weighted by atomic mass is 10.3. The fraction of sp³-hybridized carbons (Fsp3) is 0.250. The van der Waals surface area contributed by atoms with E-state index in [1.165, 1.54) is 20.3 Å². The number of aromatic nitrogens is 4. The van der Waals surface area contributed by atoms with Crippen LogP contribution in [0.2, 0.25) is 0 Å². The number of para-hydroxylation sites is 1. The van der Waals surface area contributed by atoms with Crippen molar-refractivity contribution in [2.45, 2.75) is 4.90 Å². The monoisotopic (exact) mass is 470 g/mol. The van der Waals surface area contributed by atoms with Crippen LogP contribution in [0, 0.1) is 0 Å². The summed E-state index contributed by atoms with van der Waals surface area (Å²) in [7, 11) is -1.60. The number of nitrogens with zero attached hydrogens (tertiary/aromatic N) is 6. The van der Waals surface area contributed by atoms with Crippen molar-refractivity contribution >= 4 is 49.2 Å². The molecule has 0 radical (unpaired) electrons. The van der Waals surface area contributed by atoms with Crippen molar-refractivity contribution in [2.75, 3.05) is 44.3 Å². The van der Waals surface area contributed by atoms with Gasteiger partial charge in [-0.1, -0.05) is 29.5 Å². The molecule has 0 aliphatic carbocycles. The van der Waals surface area contributed by atoms with Gasteiger partial charge in [0.25, 0.3) is 0 Å². The van der Waals surface area contributed by atoms with E-state index >= 15 is 0 Å². The van der Waals surface area contributed by atoms with E-state index in [2.05, 4.69) is 25.3 Å². The van der Waals surface area contributed by atoms with Gasteiger partial charge in [0.2, 0.25) is 27.1 Å². The zero-order valence-corrected chi connectivity index (χ0v) is 19.0. The predicted octanol–water partition coefficient (Wildman–Crippen LogP) is 2.14. The first-order valence-corrected chi connectivity index (χ1v) is 12.3. The summed E-state index contributed by atoms with van der Waals surface area (Å²) in [5.74, 6) is 0.448. The molecule has 10 nitrogen and oxygen atoms in total. The molecule has 1 aliphatic rings. The Labute approximate surface area is 189 Å². The molecule has 4 aromatic rings. The number of thiazole rings is 1. The Balaban J connectivity index is 1.44. The standard InChI is InChI=1S/C20H22N8O2S2/c1-26-9-11-27(12-10-26)32(29,30)15-6-4-5-14(13-15)22-19-24-18(21)25-28(19)20-23-16-7-2-3-8-17(16)31-20/h2-8,13H,9-12H2,1H3,(H3,21,22,24,25). The van der Waals surface area contributed by atoms with E-state index in [4.69, 9.17) is 5.73 Å². The largest absolute Gasteiger partial charge is 0.366 e. The quantitative estimate of drug-likeness (QED) is 0.455. The summed E-state index contributed by atoms with van der Waals surface area (Å²) in [4.78, 5) is 11.2. The lowest BCUT2D eigenvalue weighted by Gasteiger charge is -2.31. The summed E-state index contributed by atoms with van der Waals surface area (Å²) in [6.07, 6.45) is 0. The number of anilines is 3. The lowest BCUT2D eigenvalue weighted by Crippen LogP contribution is -2.47. The van der Waals surface area contributed by atoms with E-state index in [1.54, 1.807) is 24.3 Å². The van der Waals surface area contributed by atoms with E-state index in [1.807, 2.05) is 31.3 Å². The van der Waals surface area contributed by atoms with Crippen LogP contribution in [-0.2, 0) is 10.0 Å². The SMILES string of the molecule is CN1CCN(S(=O)(=O)c2cccc(Nc3nc(N)nn3-c3nc4ccccc4s3)c2)CC1. The second kappa shape index (κ2) is 8.13. The van der Waals surface area contributed by atoms with Crippen molar-refractivity contribution in [3.05, 3.63) is 48.5 Å². The van der Waals surface area contributed by atoms with Crippen LogP contribution in [0.25, 0.3) is 15.3 Å². The molecule has 1 aliphatic heterocycles. The van der Waals surface area contributed by atoms with E-state index in [0.717, 1.165) is 10.2 Å². The summed E-state index contributed by atoms with van der Waals surface area (Å²) in [6.45, 7) is 2.36. The van der Waals surface area contributed by atoms with Gasteiger partial charge in [0.1, 0.15) is 0 Å². The third-order valence-electron chi connectivity index (χ3n) is 5.28. The number of hydrogen-bond acceptors (Lipinski definition) is 9. The number of piperazine rings is 1. The number of benzene rings is 2. The van der Waals surface area contributed by atoms with Crippen LogP contribution in [0.3, 0.4) is 0 Å². The van der Waals surface area contributed by atoms with Gasteiger partial charge < -0.3 is 16.0 Å². The van der Waals surface area contributed by atoms with Crippen molar-refractivity contribution in [1.29, 1.82) is 0 Å². The van der Waals surface area contributed by atoms with Crippen LogP contribution in [-0.4, -0.2) is 70.6 Å². The maximum absolute atomic E-state index is 13.1. The Morgan fingerprint density at radius 1 is 1.03 bits per heavy atom. The molecular weight excluding hydrogens is 448 g/mol. The fourth-order valence-electron chi connectivity index (χ4n) is 3.53. The van der Waals surface area contributed by atoms with Gasteiger partial charge in [-0.3, -0.25) is 0 Å². The molecule has 2 aromatic heterocycles. The first-order chi connectivity index (χ1) is 15.4. The molecule has 0 unspecified atom stereocenters. The molecule has 1 saturated heterocycles. The van der Waals surface area contributed by atoms with Crippen molar-refractivity contribution in [2.24, 2.45) is 0 Å². The number of nitrogens with two attached hydrogens (primary N) is 1. The minimum atomic E-state index is -3.59. The minimum absolute atomic E-state index is 0.0907.